The largest absolute Gasteiger partial charge is 0.357 e. The van der Waals surface area contributed by atoms with E-state index in [9.17, 15) is 0 Å². The number of thiophene rings is 1. The average molecular weight is 543 g/mol. The van der Waals surface area contributed by atoms with E-state index in [1.54, 1.807) is 11.3 Å². The number of hydrogen-bond donors (Lipinski definition) is 2. The van der Waals surface area contributed by atoms with E-state index in [1.807, 2.05) is 6.20 Å². The van der Waals surface area contributed by atoms with Crippen molar-refractivity contribution in [3.05, 3.63) is 46.3 Å². The number of nitrogens with zero attached hydrogens (tertiary/aromatic N) is 4. The number of piperazine rings is 1. The van der Waals surface area contributed by atoms with Gasteiger partial charge < -0.3 is 20.4 Å². The van der Waals surface area contributed by atoms with Gasteiger partial charge in [-0.2, -0.15) is 0 Å². The van der Waals surface area contributed by atoms with E-state index in [-0.39, 0.29) is 29.4 Å². The maximum Gasteiger partial charge on any atom is 0.191 e. The second-order valence-electron chi connectivity index (χ2n) is 8.22. The molecule has 3 heterocycles. The van der Waals surface area contributed by atoms with Crippen molar-refractivity contribution >= 4 is 47.1 Å². The fraction of sp³-hybridized carbons (Fsp3) is 0.545. The Morgan fingerprint density at radius 1 is 1.17 bits per heavy atom. The number of aromatic nitrogens is 1. The fourth-order valence-corrected chi connectivity index (χ4v) is 4.15. The summed E-state index contributed by atoms with van der Waals surface area (Å²) in [7, 11) is 2.17. The third-order valence-electron chi connectivity index (χ3n) is 5.29. The molecular weight excluding hydrogens is 507 g/mol. The first-order chi connectivity index (χ1) is 14.0. The number of pyridine rings is 1. The molecule has 0 aliphatic carbocycles. The first-order valence-electron chi connectivity index (χ1n) is 10.4. The number of anilines is 1. The summed E-state index contributed by atoms with van der Waals surface area (Å²) < 4.78 is 0. The normalized spacial score (nSPS) is 15.6. The summed E-state index contributed by atoms with van der Waals surface area (Å²) in [4.78, 5) is 15.5. The zero-order valence-electron chi connectivity index (χ0n) is 18.5. The summed E-state index contributed by atoms with van der Waals surface area (Å²) in [5, 5.41) is 8.98. The molecule has 2 aromatic rings. The van der Waals surface area contributed by atoms with Crippen molar-refractivity contribution < 1.29 is 0 Å². The molecule has 0 saturated carbocycles. The number of rotatable bonds is 7. The van der Waals surface area contributed by atoms with Gasteiger partial charge in [0.05, 0.1) is 6.54 Å². The van der Waals surface area contributed by atoms with Crippen molar-refractivity contribution in [1.29, 1.82) is 0 Å². The lowest BCUT2D eigenvalue weighted by Gasteiger charge is -2.33. The van der Waals surface area contributed by atoms with E-state index in [0.29, 0.717) is 6.54 Å². The van der Waals surface area contributed by atoms with Crippen LogP contribution in [0.3, 0.4) is 0 Å². The topological polar surface area (TPSA) is 55.8 Å². The van der Waals surface area contributed by atoms with Crippen LogP contribution in [0.25, 0.3) is 0 Å². The van der Waals surface area contributed by atoms with Crippen molar-refractivity contribution in [3.63, 3.8) is 0 Å². The molecule has 8 heteroatoms. The van der Waals surface area contributed by atoms with E-state index in [2.05, 4.69) is 82.9 Å². The summed E-state index contributed by atoms with van der Waals surface area (Å²) in [5.41, 5.74) is 1.19. The molecule has 2 N–H and O–H groups in total. The molecule has 0 aromatic carbocycles. The van der Waals surface area contributed by atoms with Crippen molar-refractivity contribution in [3.8, 4) is 0 Å². The molecule has 3 rings (SSSR count). The Morgan fingerprint density at radius 2 is 1.93 bits per heavy atom. The van der Waals surface area contributed by atoms with Gasteiger partial charge in [-0.25, -0.2) is 9.98 Å². The highest BCUT2D eigenvalue weighted by Gasteiger charge is 2.22. The van der Waals surface area contributed by atoms with Gasteiger partial charge in [0.15, 0.2) is 5.96 Å². The monoisotopic (exact) mass is 542 g/mol. The van der Waals surface area contributed by atoms with E-state index in [4.69, 9.17) is 4.99 Å². The number of halogens is 1. The molecule has 0 amide bonds. The molecule has 1 aliphatic heterocycles. The number of likely N-dealkylation sites (N-methyl/N-ethyl adjacent to an activating group) is 1. The first kappa shape index (κ1) is 24.9. The van der Waals surface area contributed by atoms with Gasteiger partial charge in [0.1, 0.15) is 5.82 Å². The van der Waals surface area contributed by atoms with E-state index < -0.39 is 0 Å². The van der Waals surface area contributed by atoms with Gasteiger partial charge >= 0.3 is 0 Å². The minimum Gasteiger partial charge on any atom is -0.357 e. The number of aliphatic imine (C=N–C) groups is 1. The Hall–Kier alpha value is -1.39. The molecule has 1 fully saturated rings. The molecule has 0 spiro atoms. The second kappa shape index (κ2) is 11.9. The lowest BCUT2D eigenvalue weighted by atomic mass is 9.91. The molecule has 0 radical (unpaired) electrons. The molecule has 30 heavy (non-hydrogen) atoms. The van der Waals surface area contributed by atoms with Gasteiger partial charge in [-0.3, -0.25) is 0 Å². The third-order valence-corrected chi connectivity index (χ3v) is 6.52. The van der Waals surface area contributed by atoms with Crippen molar-refractivity contribution in [2.45, 2.75) is 32.7 Å². The number of guanidine groups is 1. The fourth-order valence-electron chi connectivity index (χ4n) is 3.30. The Balaban J connectivity index is 0.00000320. The maximum atomic E-state index is 4.76. The van der Waals surface area contributed by atoms with E-state index in [1.165, 1.54) is 4.88 Å². The van der Waals surface area contributed by atoms with E-state index >= 15 is 0 Å². The predicted octanol–water partition coefficient (Wildman–Crippen LogP) is 3.55. The Bertz CT molecular complexity index is 767. The standard InChI is InChI=1S/C22H34N6S.HI/c1-5-23-21(26-17-22(2,3)19-7-6-14-29-19)25-16-18-8-9-20(24-15-18)28-12-10-27(4)11-13-28;/h6-9,14-15H,5,10-13,16-17H2,1-4H3,(H2,23,25,26);1H. The minimum atomic E-state index is 0. The van der Waals surface area contributed by atoms with Crippen LogP contribution in [0.5, 0.6) is 0 Å². The van der Waals surface area contributed by atoms with Gasteiger partial charge in [-0.1, -0.05) is 26.0 Å². The predicted molar refractivity (Wildman–Crippen MR) is 140 cm³/mol. The third kappa shape index (κ3) is 7.09. The molecule has 0 atom stereocenters. The van der Waals surface area contributed by atoms with Crippen LogP contribution < -0.4 is 15.5 Å². The van der Waals surface area contributed by atoms with Gasteiger partial charge in [-0.15, -0.1) is 35.3 Å². The molecule has 1 saturated heterocycles. The highest BCUT2D eigenvalue weighted by atomic mass is 127. The van der Waals surface area contributed by atoms with Gasteiger partial charge in [0, 0.05) is 55.8 Å². The van der Waals surface area contributed by atoms with Crippen LogP contribution in [0.15, 0.2) is 40.8 Å². The molecular formula is C22H35IN6S. The summed E-state index contributed by atoms with van der Waals surface area (Å²) >= 11 is 1.80. The Kier molecular flexibility index (Phi) is 9.83. The summed E-state index contributed by atoms with van der Waals surface area (Å²) in [6, 6.07) is 8.57. The number of hydrogen-bond acceptors (Lipinski definition) is 5. The zero-order chi connectivity index (χ0) is 20.7. The Morgan fingerprint density at radius 3 is 2.53 bits per heavy atom. The van der Waals surface area contributed by atoms with Crippen LogP contribution in [0, 0.1) is 0 Å². The van der Waals surface area contributed by atoms with Crippen LogP contribution in [-0.4, -0.2) is 62.2 Å². The van der Waals surface area contributed by atoms with Gasteiger partial charge in [-0.05, 0) is 37.0 Å². The lowest BCUT2D eigenvalue weighted by Crippen LogP contribution is -2.44. The highest BCUT2D eigenvalue weighted by Crippen LogP contribution is 2.26. The zero-order valence-corrected chi connectivity index (χ0v) is 21.7. The molecule has 0 bridgehead atoms. The number of nitrogens with one attached hydrogen (secondary N) is 2. The lowest BCUT2D eigenvalue weighted by molar-refractivity contribution is 0.312. The molecule has 6 nitrogen and oxygen atoms in total. The van der Waals surface area contributed by atoms with Crippen LogP contribution in [0.4, 0.5) is 5.82 Å². The van der Waals surface area contributed by atoms with Crippen LogP contribution >= 0.6 is 35.3 Å². The summed E-state index contributed by atoms with van der Waals surface area (Å²) in [5.74, 6) is 1.91. The molecule has 2 aromatic heterocycles. The molecule has 166 valence electrons. The van der Waals surface area contributed by atoms with Gasteiger partial charge in [0.2, 0.25) is 0 Å². The molecule has 1 aliphatic rings. The maximum absolute atomic E-state index is 4.76. The van der Waals surface area contributed by atoms with Crippen LogP contribution in [0.1, 0.15) is 31.2 Å². The average Bonchev–Trinajstić information content (AvgIpc) is 3.27. The first-order valence-corrected chi connectivity index (χ1v) is 11.3. The van der Waals surface area contributed by atoms with E-state index in [0.717, 1.165) is 56.6 Å². The van der Waals surface area contributed by atoms with Crippen LogP contribution in [-0.2, 0) is 12.0 Å². The minimum absolute atomic E-state index is 0. The summed E-state index contributed by atoms with van der Waals surface area (Å²) in [6.45, 7) is 13.2. The van der Waals surface area contributed by atoms with Crippen molar-refractivity contribution in [2.24, 2.45) is 4.99 Å². The van der Waals surface area contributed by atoms with Crippen LogP contribution in [0.2, 0.25) is 0 Å². The highest BCUT2D eigenvalue weighted by molar-refractivity contribution is 14.0. The quantitative estimate of drug-likeness (QED) is 0.319. The summed E-state index contributed by atoms with van der Waals surface area (Å²) in [6.07, 6.45) is 1.95. The molecule has 0 unspecified atom stereocenters. The van der Waals surface area contributed by atoms with Gasteiger partial charge in [0.25, 0.3) is 0 Å². The smallest absolute Gasteiger partial charge is 0.191 e. The Labute approximate surface area is 202 Å². The van der Waals surface area contributed by atoms with Crippen molar-refractivity contribution in [1.82, 2.24) is 20.5 Å². The van der Waals surface area contributed by atoms with Crippen molar-refractivity contribution in [2.75, 3.05) is 51.2 Å². The SMILES string of the molecule is CCNC(=NCc1ccc(N2CCN(C)CC2)nc1)NCC(C)(C)c1cccs1.I. The second-order valence-corrected chi connectivity index (χ2v) is 9.17.